The molecule has 0 aliphatic carbocycles. The summed E-state index contributed by atoms with van der Waals surface area (Å²) in [5.41, 5.74) is -0.621. The van der Waals surface area contributed by atoms with Gasteiger partial charge in [-0.05, 0) is 19.8 Å². The van der Waals surface area contributed by atoms with Crippen molar-refractivity contribution in [1.82, 2.24) is 5.32 Å². The van der Waals surface area contributed by atoms with Gasteiger partial charge < -0.3 is 19.3 Å². The first-order chi connectivity index (χ1) is 18.5. The van der Waals surface area contributed by atoms with Crippen molar-refractivity contribution in [2.75, 3.05) is 19.6 Å². The van der Waals surface area contributed by atoms with Gasteiger partial charge in [0.25, 0.3) is 5.60 Å². The molecular weight excluding hydrogens is 480 g/mol. The predicted octanol–water partition coefficient (Wildman–Crippen LogP) is 4.48. The zero-order valence-corrected chi connectivity index (χ0v) is 22.6. The Morgan fingerprint density at radius 1 is 1.00 bits per heavy atom. The molecule has 0 bridgehead atoms. The largest absolute Gasteiger partial charge is 0.458 e. The number of ether oxygens (including phenoxy) is 2. The van der Waals surface area contributed by atoms with Crippen molar-refractivity contribution in [3.63, 3.8) is 0 Å². The lowest BCUT2D eigenvalue weighted by Gasteiger charge is -2.51. The first kappa shape index (κ1) is 27.8. The van der Waals surface area contributed by atoms with E-state index >= 15 is 0 Å². The quantitative estimate of drug-likeness (QED) is 0.204. The van der Waals surface area contributed by atoms with Gasteiger partial charge >= 0.3 is 11.9 Å². The van der Waals surface area contributed by atoms with E-state index in [9.17, 15) is 14.4 Å². The molecule has 0 aromatic heterocycles. The van der Waals surface area contributed by atoms with E-state index in [0.29, 0.717) is 42.6 Å². The van der Waals surface area contributed by atoms with Gasteiger partial charge in [-0.15, -0.1) is 0 Å². The van der Waals surface area contributed by atoms with Crippen LogP contribution < -0.4 is 5.32 Å². The minimum atomic E-state index is -1.72. The molecule has 2 saturated heterocycles. The molecule has 2 heterocycles. The third-order valence-electron chi connectivity index (χ3n) is 8.59. The standard InChI is InChI=1S/C31H40N2O5/c1-3-27-22-28(21-24(2)33(27)19-10-11-20-33)37-30(36)31(25-13-6-4-7-14-25,26-15-8-5-9-16-26)38-29(35)17-12-18-32-23-34/h4-9,13-16,23-24,27-28H,3,10-12,17-22H2,1-2H3/p+1. The summed E-state index contributed by atoms with van der Waals surface area (Å²) in [5, 5.41) is 2.56. The van der Waals surface area contributed by atoms with E-state index in [-0.39, 0.29) is 12.5 Å². The number of quaternary nitrogens is 1. The molecule has 7 nitrogen and oxygen atoms in total. The molecule has 3 atom stereocenters. The van der Waals surface area contributed by atoms with Crippen molar-refractivity contribution in [1.29, 1.82) is 0 Å². The van der Waals surface area contributed by atoms with Gasteiger partial charge in [0.2, 0.25) is 6.41 Å². The highest BCUT2D eigenvalue weighted by Gasteiger charge is 2.52. The zero-order chi connectivity index (χ0) is 27.0. The minimum absolute atomic E-state index is 0.0634. The molecule has 204 valence electrons. The number of rotatable bonds is 11. The van der Waals surface area contributed by atoms with E-state index in [0.717, 1.165) is 23.7 Å². The minimum Gasteiger partial charge on any atom is -0.458 e. The second-order valence-corrected chi connectivity index (χ2v) is 10.7. The molecule has 2 aliphatic heterocycles. The van der Waals surface area contributed by atoms with Crippen molar-refractivity contribution in [3.8, 4) is 0 Å². The molecule has 0 saturated carbocycles. The highest BCUT2D eigenvalue weighted by molar-refractivity contribution is 5.89. The van der Waals surface area contributed by atoms with Gasteiger partial charge in [-0.2, -0.15) is 0 Å². The maximum absolute atomic E-state index is 14.3. The van der Waals surface area contributed by atoms with Crippen LogP contribution in [-0.4, -0.2) is 60.7 Å². The average Bonchev–Trinajstić information content (AvgIpc) is 3.43. The van der Waals surface area contributed by atoms with E-state index in [1.165, 1.54) is 25.9 Å². The van der Waals surface area contributed by atoms with Crippen molar-refractivity contribution in [2.24, 2.45) is 0 Å². The molecule has 2 aromatic rings. The van der Waals surface area contributed by atoms with Crippen LogP contribution in [0.1, 0.15) is 69.9 Å². The Balaban J connectivity index is 1.65. The van der Waals surface area contributed by atoms with Crippen molar-refractivity contribution in [3.05, 3.63) is 71.8 Å². The summed E-state index contributed by atoms with van der Waals surface area (Å²) < 4.78 is 13.6. The SMILES string of the molecule is CCC1CC(OC(=O)C(OC(=O)CCCNC=O)(c2ccccc2)c2ccccc2)CC(C)[N+]12CCCC2. The van der Waals surface area contributed by atoms with Crippen molar-refractivity contribution >= 4 is 18.3 Å². The van der Waals surface area contributed by atoms with Crippen LogP contribution in [0.3, 0.4) is 0 Å². The highest BCUT2D eigenvalue weighted by Crippen LogP contribution is 2.41. The number of esters is 2. The summed E-state index contributed by atoms with van der Waals surface area (Å²) in [6, 6.07) is 19.1. The summed E-state index contributed by atoms with van der Waals surface area (Å²) in [4.78, 5) is 38.0. The summed E-state index contributed by atoms with van der Waals surface area (Å²) >= 11 is 0. The molecular formula is C31H41N2O5+. The molecule has 38 heavy (non-hydrogen) atoms. The van der Waals surface area contributed by atoms with Crippen LogP contribution in [0.2, 0.25) is 0 Å². The Morgan fingerprint density at radius 3 is 2.16 bits per heavy atom. The molecule has 2 aromatic carbocycles. The Morgan fingerprint density at radius 2 is 1.61 bits per heavy atom. The molecule has 1 N–H and O–H groups in total. The van der Waals surface area contributed by atoms with Crippen LogP contribution in [0.5, 0.6) is 0 Å². The van der Waals surface area contributed by atoms with E-state index in [4.69, 9.17) is 9.47 Å². The summed E-state index contributed by atoms with van der Waals surface area (Å²) in [5.74, 6) is -1.08. The normalized spacial score (nSPS) is 22.5. The first-order valence-corrected chi connectivity index (χ1v) is 14.0. The number of piperidine rings is 1. The fourth-order valence-corrected chi connectivity index (χ4v) is 6.67. The van der Waals surface area contributed by atoms with Crippen LogP contribution in [0.4, 0.5) is 0 Å². The fraction of sp³-hybridized carbons (Fsp3) is 0.516. The van der Waals surface area contributed by atoms with Gasteiger partial charge in [0.15, 0.2) is 0 Å². The van der Waals surface area contributed by atoms with Crippen molar-refractivity contribution in [2.45, 2.75) is 82.6 Å². The third-order valence-corrected chi connectivity index (χ3v) is 8.59. The van der Waals surface area contributed by atoms with Gasteiger partial charge in [0.1, 0.15) is 6.10 Å². The summed E-state index contributed by atoms with van der Waals surface area (Å²) in [6.07, 6.45) is 6.01. The molecule has 2 aliphatic rings. The molecule has 1 amide bonds. The number of carbonyl (C=O) groups is 3. The monoisotopic (exact) mass is 521 g/mol. The van der Waals surface area contributed by atoms with E-state index in [1.807, 2.05) is 36.4 Å². The second-order valence-electron chi connectivity index (χ2n) is 10.7. The number of benzene rings is 2. The van der Waals surface area contributed by atoms with Crippen LogP contribution >= 0.6 is 0 Å². The number of carbonyl (C=O) groups excluding carboxylic acids is 3. The number of nitrogens with zero attached hydrogens (tertiary/aromatic N) is 1. The smallest absolute Gasteiger partial charge is 0.360 e. The van der Waals surface area contributed by atoms with E-state index < -0.39 is 17.5 Å². The second kappa shape index (κ2) is 12.6. The maximum Gasteiger partial charge on any atom is 0.360 e. The van der Waals surface area contributed by atoms with Gasteiger partial charge in [-0.25, -0.2) is 4.79 Å². The van der Waals surface area contributed by atoms with Gasteiger partial charge in [0, 0.05) is 49.8 Å². The maximum atomic E-state index is 14.3. The molecule has 3 unspecified atom stereocenters. The number of hydrogen-bond acceptors (Lipinski definition) is 5. The number of amides is 1. The van der Waals surface area contributed by atoms with E-state index in [1.54, 1.807) is 24.3 Å². The average molecular weight is 522 g/mol. The fourth-order valence-electron chi connectivity index (χ4n) is 6.67. The van der Waals surface area contributed by atoms with Gasteiger partial charge in [0.05, 0.1) is 25.2 Å². The summed E-state index contributed by atoms with van der Waals surface area (Å²) in [7, 11) is 0. The Kier molecular flexibility index (Phi) is 9.21. The molecule has 4 rings (SSSR count). The third kappa shape index (κ3) is 5.63. The van der Waals surface area contributed by atoms with E-state index in [2.05, 4.69) is 19.2 Å². The van der Waals surface area contributed by atoms with Crippen LogP contribution in [0, 0.1) is 0 Å². The van der Waals surface area contributed by atoms with Gasteiger partial charge in [-0.3, -0.25) is 9.59 Å². The number of nitrogens with one attached hydrogen (secondary N) is 1. The lowest BCUT2D eigenvalue weighted by atomic mass is 9.85. The lowest BCUT2D eigenvalue weighted by Crippen LogP contribution is -2.63. The molecule has 1 spiro atoms. The predicted molar refractivity (Wildman–Crippen MR) is 145 cm³/mol. The topological polar surface area (TPSA) is 81.7 Å². The molecule has 0 radical (unpaired) electrons. The lowest BCUT2D eigenvalue weighted by molar-refractivity contribution is -0.967. The van der Waals surface area contributed by atoms with Crippen LogP contribution in [0.25, 0.3) is 0 Å². The molecule has 2 fully saturated rings. The highest BCUT2D eigenvalue weighted by atomic mass is 16.6. The first-order valence-electron chi connectivity index (χ1n) is 14.0. The summed E-state index contributed by atoms with van der Waals surface area (Å²) in [6.45, 7) is 7.29. The molecule has 7 heteroatoms. The Labute approximate surface area is 226 Å². The Hall–Kier alpha value is -3.19. The van der Waals surface area contributed by atoms with Gasteiger partial charge in [-0.1, -0.05) is 67.6 Å². The van der Waals surface area contributed by atoms with Crippen LogP contribution in [-0.2, 0) is 29.5 Å². The van der Waals surface area contributed by atoms with Crippen molar-refractivity contribution < 1.29 is 28.3 Å². The number of hydrogen-bond donors (Lipinski definition) is 1. The van der Waals surface area contributed by atoms with Crippen LogP contribution in [0.15, 0.2) is 60.7 Å². The zero-order valence-electron chi connectivity index (χ0n) is 22.6. The Bertz CT molecular complexity index is 1030.